The Balaban J connectivity index is 1.84. The number of carbonyl (C=O) groups is 1. The summed E-state index contributed by atoms with van der Waals surface area (Å²) in [6, 6.07) is 7.08. The van der Waals surface area contributed by atoms with E-state index in [1.54, 1.807) is 29.2 Å². The highest BCUT2D eigenvalue weighted by Crippen LogP contribution is 2.24. The molecule has 0 bridgehead atoms. The second kappa shape index (κ2) is 6.26. The van der Waals surface area contributed by atoms with E-state index in [-0.39, 0.29) is 5.91 Å². The predicted octanol–water partition coefficient (Wildman–Crippen LogP) is 1.45. The average Bonchev–Trinajstić information content (AvgIpc) is 3.02. The highest BCUT2D eigenvalue weighted by Gasteiger charge is 2.22. The van der Waals surface area contributed by atoms with Crippen LogP contribution < -0.4 is 10.6 Å². The van der Waals surface area contributed by atoms with Crippen molar-refractivity contribution in [1.82, 2.24) is 15.1 Å². The minimum absolute atomic E-state index is 0.196. The van der Waals surface area contributed by atoms with E-state index in [9.17, 15) is 4.79 Å². The van der Waals surface area contributed by atoms with Crippen molar-refractivity contribution < 1.29 is 9.53 Å². The molecule has 110 valence electrons. The second-order valence-corrected chi connectivity index (χ2v) is 5.10. The van der Waals surface area contributed by atoms with E-state index in [2.05, 4.69) is 15.7 Å². The van der Waals surface area contributed by atoms with Crippen molar-refractivity contribution in [3.05, 3.63) is 41.7 Å². The fourth-order valence-electron chi connectivity index (χ4n) is 2.17. The van der Waals surface area contributed by atoms with Gasteiger partial charge in [0.2, 0.25) is 0 Å². The van der Waals surface area contributed by atoms with E-state index >= 15 is 0 Å². The Morgan fingerprint density at radius 3 is 3.14 bits per heavy atom. The number of morpholine rings is 1. The lowest BCUT2D eigenvalue weighted by Crippen LogP contribution is -2.45. The number of aromatic nitrogens is 2. The summed E-state index contributed by atoms with van der Waals surface area (Å²) in [5.41, 5.74) is 1.35. The highest BCUT2D eigenvalue weighted by molar-refractivity contribution is 6.31. The maximum absolute atomic E-state index is 12.3. The van der Waals surface area contributed by atoms with Crippen LogP contribution in [0.5, 0.6) is 0 Å². The van der Waals surface area contributed by atoms with E-state index in [0.717, 1.165) is 12.2 Å². The third kappa shape index (κ3) is 3.24. The molecule has 2 N–H and O–H groups in total. The minimum atomic E-state index is -0.497. The number of carbonyl (C=O) groups excluding carboxylic acids is 1. The van der Waals surface area contributed by atoms with Gasteiger partial charge in [-0.2, -0.15) is 5.10 Å². The van der Waals surface area contributed by atoms with Crippen molar-refractivity contribution in [1.29, 1.82) is 0 Å². The van der Waals surface area contributed by atoms with Crippen LogP contribution in [0.25, 0.3) is 5.69 Å². The predicted molar refractivity (Wildman–Crippen MR) is 79.8 cm³/mol. The van der Waals surface area contributed by atoms with Gasteiger partial charge in [-0.15, -0.1) is 0 Å². The lowest BCUT2D eigenvalue weighted by atomic mass is 10.2. The molecule has 1 unspecified atom stereocenters. The Bertz CT molecular complexity index is 624. The minimum Gasteiger partial charge on any atom is -0.366 e. The van der Waals surface area contributed by atoms with Gasteiger partial charge in [-0.05, 0) is 24.3 Å². The zero-order valence-electron chi connectivity index (χ0n) is 11.3. The normalized spacial score (nSPS) is 18.4. The molecule has 1 aliphatic rings. The molecule has 2 heterocycles. The van der Waals surface area contributed by atoms with Crippen LogP contribution >= 0.6 is 11.6 Å². The topological polar surface area (TPSA) is 68.2 Å². The van der Waals surface area contributed by atoms with Crippen LogP contribution in [0.3, 0.4) is 0 Å². The molecular weight excluding hydrogens is 292 g/mol. The van der Waals surface area contributed by atoms with Crippen LogP contribution in [0.15, 0.2) is 36.7 Å². The number of ether oxygens (including phenoxy) is 1. The smallest absolute Gasteiger partial charge is 0.254 e. The lowest BCUT2D eigenvalue weighted by molar-refractivity contribution is -0.128. The van der Waals surface area contributed by atoms with E-state index in [1.807, 2.05) is 12.1 Å². The summed E-state index contributed by atoms with van der Waals surface area (Å²) in [7, 11) is 0. The number of anilines is 1. The molecular formula is C14H15ClN4O2. The molecule has 1 aromatic heterocycles. The number of amides is 1. The Hall–Kier alpha value is -1.89. The van der Waals surface area contributed by atoms with Crippen molar-refractivity contribution in [3.8, 4) is 5.69 Å². The Morgan fingerprint density at radius 1 is 1.52 bits per heavy atom. The maximum atomic E-state index is 12.3. The van der Waals surface area contributed by atoms with E-state index in [4.69, 9.17) is 16.3 Å². The maximum Gasteiger partial charge on any atom is 0.254 e. The molecule has 1 saturated heterocycles. The molecule has 3 rings (SSSR count). The standard InChI is InChI=1S/C14H15ClN4O2/c15-10-2-3-12(19-6-1-4-17-19)11(8-10)18-14(20)13-9-16-5-7-21-13/h1-4,6,8,13,16H,5,7,9H2,(H,18,20). The average molecular weight is 307 g/mol. The number of hydrogen-bond donors (Lipinski definition) is 2. The summed E-state index contributed by atoms with van der Waals surface area (Å²) < 4.78 is 7.12. The van der Waals surface area contributed by atoms with Crippen molar-refractivity contribution in [2.24, 2.45) is 0 Å². The van der Waals surface area contributed by atoms with Gasteiger partial charge in [-0.1, -0.05) is 11.6 Å². The number of benzene rings is 1. The molecule has 7 heteroatoms. The van der Waals surface area contributed by atoms with Crippen molar-refractivity contribution in [2.75, 3.05) is 25.0 Å². The van der Waals surface area contributed by atoms with Crippen LogP contribution in [0.2, 0.25) is 5.02 Å². The molecule has 0 saturated carbocycles. The first kappa shape index (κ1) is 14.1. The molecule has 0 spiro atoms. The highest BCUT2D eigenvalue weighted by atomic mass is 35.5. The van der Waals surface area contributed by atoms with Crippen LogP contribution in [0.1, 0.15) is 0 Å². The zero-order chi connectivity index (χ0) is 14.7. The third-order valence-electron chi connectivity index (χ3n) is 3.19. The molecule has 1 aliphatic heterocycles. The van der Waals surface area contributed by atoms with Crippen molar-refractivity contribution in [2.45, 2.75) is 6.10 Å². The zero-order valence-corrected chi connectivity index (χ0v) is 12.0. The van der Waals surface area contributed by atoms with Crippen molar-refractivity contribution >= 4 is 23.2 Å². The van der Waals surface area contributed by atoms with Gasteiger partial charge < -0.3 is 15.4 Å². The summed E-state index contributed by atoms with van der Waals surface area (Å²) in [5, 5.41) is 10.7. The lowest BCUT2D eigenvalue weighted by Gasteiger charge is -2.23. The fourth-order valence-corrected chi connectivity index (χ4v) is 2.34. The first-order chi connectivity index (χ1) is 10.2. The van der Waals surface area contributed by atoms with E-state index in [1.165, 1.54) is 0 Å². The number of nitrogens with zero attached hydrogens (tertiary/aromatic N) is 2. The van der Waals surface area contributed by atoms with E-state index in [0.29, 0.717) is 23.9 Å². The summed E-state index contributed by atoms with van der Waals surface area (Å²) in [6.07, 6.45) is 2.98. The molecule has 1 atom stereocenters. The van der Waals surface area contributed by atoms with Gasteiger partial charge >= 0.3 is 0 Å². The van der Waals surface area contributed by atoms with Crippen LogP contribution in [0.4, 0.5) is 5.69 Å². The Kier molecular flexibility index (Phi) is 4.19. The number of nitrogens with one attached hydrogen (secondary N) is 2. The Labute approximate surface area is 127 Å². The Morgan fingerprint density at radius 2 is 2.43 bits per heavy atom. The molecule has 1 aromatic carbocycles. The van der Waals surface area contributed by atoms with Crippen LogP contribution in [-0.4, -0.2) is 41.5 Å². The monoisotopic (exact) mass is 306 g/mol. The SMILES string of the molecule is O=C(Nc1cc(Cl)ccc1-n1cccn1)C1CNCCO1. The summed E-state index contributed by atoms with van der Waals surface area (Å²) in [6.45, 7) is 1.79. The van der Waals surface area contributed by atoms with Gasteiger partial charge in [0.1, 0.15) is 6.10 Å². The number of rotatable bonds is 3. The van der Waals surface area contributed by atoms with Gasteiger partial charge in [0, 0.05) is 30.5 Å². The fraction of sp³-hybridized carbons (Fsp3) is 0.286. The largest absolute Gasteiger partial charge is 0.366 e. The molecule has 1 amide bonds. The van der Waals surface area contributed by atoms with Crippen molar-refractivity contribution in [3.63, 3.8) is 0 Å². The van der Waals surface area contributed by atoms with Crippen LogP contribution in [0, 0.1) is 0 Å². The van der Waals surface area contributed by atoms with Gasteiger partial charge in [0.15, 0.2) is 0 Å². The van der Waals surface area contributed by atoms with E-state index < -0.39 is 6.10 Å². The van der Waals surface area contributed by atoms with Gasteiger partial charge in [-0.3, -0.25) is 4.79 Å². The quantitative estimate of drug-likeness (QED) is 0.901. The van der Waals surface area contributed by atoms with Crippen LogP contribution in [-0.2, 0) is 9.53 Å². The molecule has 0 aliphatic carbocycles. The van der Waals surface area contributed by atoms with Gasteiger partial charge in [0.05, 0.1) is 18.0 Å². The first-order valence-electron chi connectivity index (χ1n) is 6.67. The third-order valence-corrected chi connectivity index (χ3v) is 3.42. The summed E-state index contributed by atoms with van der Waals surface area (Å²) in [4.78, 5) is 12.3. The van der Waals surface area contributed by atoms with Gasteiger partial charge in [0.25, 0.3) is 5.91 Å². The molecule has 21 heavy (non-hydrogen) atoms. The number of halogens is 1. The second-order valence-electron chi connectivity index (χ2n) is 4.66. The first-order valence-corrected chi connectivity index (χ1v) is 7.04. The molecule has 2 aromatic rings. The van der Waals surface area contributed by atoms with Gasteiger partial charge in [-0.25, -0.2) is 4.68 Å². The molecule has 6 nitrogen and oxygen atoms in total. The molecule has 0 radical (unpaired) electrons. The summed E-state index contributed by atoms with van der Waals surface area (Å²) >= 11 is 6.02. The summed E-state index contributed by atoms with van der Waals surface area (Å²) in [5.74, 6) is -0.196. The molecule has 1 fully saturated rings. The number of hydrogen-bond acceptors (Lipinski definition) is 4.